The van der Waals surface area contributed by atoms with Crippen molar-refractivity contribution < 1.29 is 0 Å². The number of benzene rings is 1. The first kappa shape index (κ1) is 13.4. The maximum atomic E-state index is 2.64. The second kappa shape index (κ2) is 5.71. The van der Waals surface area contributed by atoms with Gasteiger partial charge in [-0.25, -0.2) is 0 Å². The first-order valence-electron chi connectivity index (χ1n) is 7.09. The fourth-order valence-corrected chi connectivity index (χ4v) is 3.00. The highest BCUT2D eigenvalue weighted by Gasteiger charge is 2.28. The molecule has 1 aromatic carbocycles. The third-order valence-corrected chi connectivity index (χ3v) is 3.76. The molecule has 1 heterocycles. The lowest BCUT2D eigenvalue weighted by atomic mass is 9.96. The number of rotatable bonds is 3. The van der Waals surface area contributed by atoms with E-state index in [1.807, 2.05) is 0 Å². The smallest absolute Gasteiger partial charge is 0.0357 e. The van der Waals surface area contributed by atoms with E-state index in [1.165, 1.54) is 36.1 Å². The molecule has 1 unspecified atom stereocenters. The molecule has 2 rings (SSSR count). The van der Waals surface area contributed by atoms with Gasteiger partial charge >= 0.3 is 0 Å². The topological polar surface area (TPSA) is 3.24 Å². The van der Waals surface area contributed by atoms with Crippen LogP contribution in [0.15, 0.2) is 29.8 Å². The first-order valence-corrected chi connectivity index (χ1v) is 7.09. The molecule has 0 radical (unpaired) electrons. The summed E-state index contributed by atoms with van der Waals surface area (Å²) in [5, 5.41) is 0. The fraction of sp³-hybridized carbons (Fsp3) is 0.529. The van der Waals surface area contributed by atoms with Crippen LogP contribution < -0.4 is 0 Å². The number of likely N-dealkylation sites (tertiary alicyclic amines) is 1. The Labute approximate surface area is 112 Å². The molecule has 0 spiro atoms. The molecule has 1 atom stereocenters. The minimum atomic E-state index is 0.608. The zero-order valence-corrected chi connectivity index (χ0v) is 12.1. The summed E-state index contributed by atoms with van der Waals surface area (Å²) >= 11 is 0. The van der Waals surface area contributed by atoms with E-state index in [4.69, 9.17) is 0 Å². The minimum Gasteiger partial charge on any atom is -0.294 e. The Morgan fingerprint density at radius 1 is 1.28 bits per heavy atom. The Morgan fingerprint density at radius 3 is 2.67 bits per heavy atom. The van der Waals surface area contributed by atoms with Gasteiger partial charge in [-0.1, -0.05) is 35.9 Å². The summed E-state index contributed by atoms with van der Waals surface area (Å²) in [5.41, 5.74) is 4.27. The van der Waals surface area contributed by atoms with Crippen LogP contribution in [0.2, 0.25) is 0 Å². The van der Waals surface area contributed by atoms with Gasteiger partial charge in [-0.05, 0) is 58.2 Å². The van der Waals surface area contributed by atoms with E-state index < -0.39 is 0 Å². The molecule has 1 fully saturated rings. The van der Waals surface area contributed by atoms with Crippen LogP contribution in [0, 0.1) is 0 Å². The molecule has 0 bridgehead atoms. The Balaban J connectivity index is 2.35. The zero-order chi connectivity index (χ0) is 13.1. The van der Waals surface area contributed by atoms with Crippen LogP contribution in [0.5, 0.6) is 0 Å². The molecule has 0 amide bonds. The standard InChI is InChI=1S/C17H25N/c1-13(2)12-15-8-5-6-9-16(15)17-10-7-11-18(17)14(3)4/h5-6,8-9,12,14,17H,7,10-11H2,1-4H3. The van der Waals surface area contributed by atoms with E-state index in [2.05, 4.69) is 62.9 Å². The predicted molar refractivity (Wildman–Crippen MR) is 79.6 cm³/mol. The fourth-order valence-electron chi connectivity index (χ4n) is 3.00. The van der Waals surface area contributed by atoms with Crippen LogP contribution in [0.4, 0.5) is 0 Å². The molecule has 0 aliphatic carbocycles. The monoisotopic (exact) mass is 243 g/mol. The van der Waals surface area contributed by atoms with E-state index in [0.29, 0.717) is 12.1 Å². The van der Waals surface area contributed by atoms with Gasteiger partial charge in [0.05, 0.1) is 0 Å². The SMILES string of the molecule is CC(C)=Cc1ccccc1C1CCCN1C(C)C. The molecule has 1 heteroatoms. The molecule has 0 saturated carbocycles. The zero-order valence-electron chi connectivity index (χ0n) is 12.1. The van der Waals surface area contributed by atoms with E-state index in [-0.39, 0.29) is 0 Å². The molecular weight excluding hydrogens is 218 g/mol. The quantitative estimate of drug-likeness (QED) is 0.746. The lowest BCUT2D eigenvalue weighted by Gasteiger charge is -2.29. The summed E-state index contributed by atoms with van der Waals surface area (Å²) < 4.78 is 0. The van der Waals surface area contributed by atoms with Crippen molar-refractivity contribution in [1.82, 2.24) is 4.90 Å². The highest BCUT2D eigenvalue weighted by atomic mass is 15.2. The lowest BCUT2D eigenvalue weighted by molar-refractivity contribution is 0.205. The second-order valence-corrected chi connectivity index (χ2v) is 5.84. The van der Waals surface area contributed by atoms with Gasteiger partial charge < -0.3 is 0 Å². The maximum Gasteiger partial charge on any atom is 0.0357 e. The Kier molecular flexibility index (Phi) is 4.23. The van der Waals surface area contributed by atoms with Crippen LogP contribution in [0.1, 0.15) is 57.7 Å². The average Bonchev–Trinajstić information content (AvgIpc) is 2.77. The van der Waals surface area contributed by atoms with Crippen molar-refractivity contribution >= 4 is 6.08 Å². The van der Waals surface area contributed by atoms with Gasteiger partial charge in [0.25, 0.3) is 0 Å². The van der Waals surface area contributed by atoms with Crippen molar-refractivity contribution in [3.63, 3.8) is 0 Å². The molecule has 1 saturated heterocycles. The second-order valence-electron chi connectivity index (χ2n) is 5.84. The summed E-state index contributed by atoms with van der Waals surface area (Å²) in [6.45, 7) is 10.2. The van der Waals surface area contributed by atoms with Crippen molar-refractivity contribution in [2.24, 2.45) is 0 Å². The lowest BCUT2D eigenvalue weighted by Crippen LogP contribution is -2.30. The third-order valence-electron chi connectivity index (χ3n) is 3.76. The third kappa shape index (κ3) is 2.84. The highest BCUT2D eigenvalue weighted by Crippen LogP contribution is 2.35. The molecule has 1 aromatic rings. The predicted octanol–water partition coefficient (Wildman–Crippen LogP) is 4.66. The first-order chi connectivity index (χ1) is 8.59. The van der Waals surface area contributed by atoms with Gasteiger partial charge in [-0.15, -0.1) is 0 Å². The van der Waals surface area contributed by atoms with E-state index in [0.717, 1.165) is 0 Å². The van der Waals surface area contributed by atoms with Gasteiger partial charge in [0.2, 0.25) is 0 Å². The Bertz CT molecular complexity index is 427. The van der Waals surface area contributed by atoms with E-state index >= 15 is 0 Å². The number of hydrogen-bond donors (Lipinski definition) is 0. The molecule has 1 nitrogen and oxygen atoms in total. The molecule has 98 valence electrons. The summed E-state index contributed by atoms with van der Waals surface area (Å²) in [6.07, 6.45) is 4.93. The number of hydrogen-bond acceptors (Lipinski definition) is 1. The van der Waals surface area contributed by atoms with Crippen LogP contribution in [-0.2, 0) is 0 Å². The highest BCUT2D eigenvalue weighted by molar-refractivity contribution is 5.56. The molecule has 18 heavy (non-hydrogen) atoms. The minimum absolute atomic E-state index is 0.608. The normalized spacial score (nSPS) is 20.4. The van der Waals surface area contributed by atoms with Gasteiger partial charge in [0, 0.05) is 12.1 Å². The Hall–Kier alpha value is -1.08. The summed E-state index contributed by atoms with van der Waals surface area (Å²) in [5.74, 6) is 0. The molecular formula is C17H25N. The van der Waals surface area contributed by atoms with Crippen LogP contribution >= 0.6 is 0 Å². The van der Waals surface area contributed by atoms with Crippen molar-refractivity contribution in [3.8, 4) is 0 Å². The van der Waals surface area contributed by atoms with Crippen LogP contribution in [0.3, 0.4) is 0 Å². The van der Waals surface area contributed by atoms with Crippen molar-refractivity contribution in [1.29, 1.82) is 0 Å². The van der Waals surface area contributed by atoms with Crippen LogP contribution in [-0.4, -0.2) is 17.5 Å². The van der Waals surface area contributed by atoms with Crippen molar-refractivity contribution in [2.75, 3.05) is 6.54 Å². The largest absolute Gasteiger partial charge is 0.294 e. The van der Waals surface area contributed by atoms with E-state index in [9.17, 15) is 0 Å². The van der Waals surface area contributed by atoms with Crippen LogP contribution in [0.25, 0.3) is 6.08 Å². The number of allylic oxidation sites excluding steroid dienone is 1. The number of nitrogens with zero attached hydrogens (tertiary/aromatic N) is 1. The summed E-state index contributed by atoms with van der Waals surface area (Å²) in [4.78, 5) is 2.64. The van der Waals surface area contributed by atoms with Gasteiger partial charge in [-0.2, -0.15) is 0 Å². The maximum absolute atomic E-state index is 2.64. The molecule has 0 N–H and O–H groups in total. The van der Waals surface area contributed by atoms with Crippen molar-refractivity contribution in [3.05, 3.63) is 41.0 Å². The van der Waals surface area contributed by atoms with Gasteiger partial charge in [-0.3, -0.25) is 4.90 Å². The summed E-state index contributed by atoms with van der Waals surface area (Å²) in [6, 6.07) is 10.1. The molecule has 1 aliphatic heterocycles. The average molecular weight is 243 g/mol. The van der Waals surface area contributed by atoms with E-state index in [1.54, 1.807) is 0 Å². The molecule has 0 aromatic heterocycles. The summed E-state index contributed by atoms with van der Waals surface area (Å²) in [7, 11) is 0. The van der Waals surface area contributed by atoms with Crippen molar-refractivity contribution in [2.45, 2.75) is 52.6 Å². The Morgan fingerprint density at radius 2 is 2.00 bits per heavy atom. The molecule has 1 aliphatic rings. The van der Waals surface area contributed by atoms with Gasteiger partial charge in [0.1, 0.15) is 0 Å². The van der Waals surface area contributed by atoms with Gasteiger partial charge in [0.15, 0.2) is 0 Å².